The third-order valence-corrected chi connectivity index (χ3v) is 6.91. The summed E-state index contributed by atoms with van der Waals surface area (Å²) in [5, 5.41) is 5.67. The first-order chi connectivity index (χ1) is 16.5. The molecule has 0 bridgehead atoms. The van der Waals surface area contributed by atoms with E-state index >= 15 is 0 Å². The molecule has 9 heteroatoms. The fraction of sp³-hybridized carbons (Fsp3) is 0.385. The Morgan fingerprint density at radius 3 is 2.63 bits per heavy atom. The minimum Gasteiger partial charge on any atom is -0.486 e. The topological polar surface area (TPSA) is 70.7 Å². The highest BCUT2D eigenvalue weighted by molar-refractivity contribution is 6.05. The van der Waals surface area contributed by atoms with Crippen molar-refractivity contribution in [2.75, 3.05) is 10.6 Å². The summed E-state index contributed by atoms with van der Waals surface area (Å²) in [5.41, 5.74) is 1.92. The zero-order chi connectivity index (χ0) is 25.0. The highest BCUT2D eigenvalue weighted by Gasteiger charge is 2.44. The first-order valence-corrected chi connectivity index (χ1v) is 11.7. The number of halogens is 3. The number of alkyl halides is 3. The van der Waals surface area contributed by atoms with E-state index < -0.39 is 23.2 Å². The van der Waals surface area contributed by atoms with Crippen molar-refractivity contribution in [2.45, 2.75) is 63.9 Å². The van der Waals surface area contributed by atoms with E-state index in [1.165, 1.54) is 12.1 Å². The molecule has 6 nitrogen and oxygen atoms in total. The molecule has 2 aromatic rings. The van der Waals surface area contributed by atoms with Gasteiger partial charge in [-0.3, -0.25) is 4.79 Å². The molecular weight excluding hydrogens is 459 g/mol. The fourth-order valence-electron chi connectivity index (χ4n) is 4.84. The Morgan fingerprint density at radius 2 is 1.97 bits per heavy atom. The molecule has 1 fully saturated rings. The van der Waals surface area contributed by atoms with Crippen LogP contribution in [0.2, 0.25) is 0 Å². The predicted molar refractivity (Wildman–Crippen MR) is 126 cm³/mol. The van der Waals surface area contributed by atoms with Gasteiger partial charge in [0.05, 0.1) is 5.56 Å². The van der Waals surface area contributed by atoms with Crippen LogP contribution in [0.3, 0.4) is 0 Å². The molecule has 0 saturated heterocycles. The van der Waals surface area contributed by atoms with Gasteiger partial charge in [-0.1, -0.05) is 12.1 Å². The van der Waals surface area contributed by atoms with Crippen LogP contribution >= 0.6 is 0 Å². The van der Waals surface area contributed by atoms with Crippen molar-refractivity contribution >= 4 is 28.9 Å². The van der Waals surface area contributed by atoms with Crippen LogP contribution in [0, 0.1) is 0 Å². The number of hydrogen-bond acceptors (Lipinski definition) is 3. The third kappa shape index (κ3) is 4.47. The third-order valence-electron chi connectivity index (χ3n) is 6.91. The number of hydrogen-bond donors (Lipinski definition) is 2. The van der Waals surface area contributed by atoms with Crippen LogP contribution in [-0.4, -0.2) is 28.5 Å². The van der Waals surface area contributed by atoms with Gasteiger partial charge in [-0.05, 0) is 68.5 Å². The zero-order valence-corrected chi connectivity index (χ0v) is 19.5. The van der Waals surface area contributed by atoms with Crippen molar-refractivity contribution < 1.29 is 27.5 Å². The van der Waals surface area contributed by atoms with Gasteiger partial charge in [0.2, 0.25) is 5.91 Å². The quantitative estimate of drug-likeness (QED) is 0.510. The summed E-state index contributed by atoms with van der Waals surface area (Å²) in [4.78, 5) is 26.9. The second kappa shape index (κ2) is 8.32. The molecule has 3 amide bonds. The van der Waals surface area contributed by atoms with Gasteiger partial charge in [0.1, 0.15) is 11.4 Å². The normalized spacial score (nSPS) is 19.5. The number of anilines is 2. The molecule has 2 aliphatic heterocycles. The number of fused-ring (bicyclic) bond motifs is 2. The summed E-state index contributed by atoms with van der Waals surface area (Å²) in [5.74, 6) is -0.232. The maximum absolute atomic E-state index is 13.2. The van der Waals surface area contributed by atoms with Gasteiger partial charge in [-0.25, -0.2) is 4.79 Å². The van der Waals surface area contributed by atoms with Gasteiger partial charge in [-0.15, -0.1) is 0 Å². The van der Waals surface area contributed by atoms with E-state index in [4.69, 9.17) is 4.74 Å². The molecule has 0 aromatic heterocycles. The maximum Gasteiger partial charge on any atom is 0.416 e. The van der Waals surface area contributed by atoms with Crippen molar-refractivity contribution in [3.63, 3.8) is 0 Å². The molecule has 1 saturated carbocycles. The molecule has 0 atom stereocenters. The lowest BCUT2D eigenvalue weighted by Gasteiger charge is -2.46. The van der Waals surface area contributed by atoms with Crippen molar-refractivity contribution in [3.8, 4) is 5.75 Å². The van der Waals surface area contributed by atoms with Crippen LogP contribution in [0.1, 0.15) is 56.2 Å². The molecule has 0 radical (unpaired) electrons. The summed E-state index contributed by atoms with van der Waals surface area (Å²) in [6.07, 6.45) is -0.169. The molecule has 1 aliphatic carbocycles. The number of carbonyl (C=O) groups excluding carboxylic acids is 2. The second-order valence-electron chi connectivity index (χ2n) is 9.71. The van der Waals surface area contributed by atoms with Gasteiger partial charge < -0.3 is 20.3 Å². The fourth-order valence-corrected chi connectivity index (χ4v) is 4.84. The van der Waals surface area contributed by atoms with Crippen molar-refractivity contribution in [3.05, 3.63) is 59.2 Å². The van der Waals surface area contributed by atoms with E-state index in [0.717, 1.165) is 37.0 Å². The monoisotopic (exact) mass is 485 g/mol. The SMILES string of the molecule is CC(C)N1Cc2ccc(NC(=O)C=C3CC4(CCC4)Oc4cc(C(F)(F)F)ccc43)cc2NC1=O. The summed E-state index contributed by atoms with van der Waals surface area (Å²) >= 11 is 0. The smallest absolute Gasteiger partial charge is 0.416 e. The number of benzene rings is 2. The van der Waals surface area contributed by atoms with E-state index in [2.05, 4.69) is 10.6 Å². The number of carbonyl (C=O) groups is 2. The summed E-state index contributed by atoms with van der Waals surface area (Å²) < 4.78 is 45.7. The number of nitrogens with one attached hydrogen (secondary N) is 2. The zero-order valence-electron chi connectivity index (χ0n) is 19.5. The Bertz CT molecular complexity index is 1230. The average Bonchev–Trinajstić information content (AvgIpc) is 2.76. The van der Waals surface area contributed by atoms with Crippen molar-refractivity contribution in [1.29, 1.82) is 0 Å². The molecule has 2 N–H and O–H groups in total. The Labute approximate surface area is 201 Å². The van der Waals surface area contributed by atoms with Crippen LogP contribution in [0.5, 0.6) is 5.75 Å². The van der Waals surface area contributed by atoms with Gasteiger partial charge in [0, 0.05) is 42.0 Å². The molecule has 5 rings (SSSR count). The summed E-state index contributed by atoms with van der Waals surface area (Å²) in [6, 6.07) is 8.61. The molecule has 184 valence electrons. The number of amides is 3. The van der Waals surface area contributed by atoms with Crippen LogP contribution in [0.25, 0.3) is 5.57 Å². The van der Waals surface area contributed by atoms with Crippen molar-refractivity contribution in [2.24, 2.45) is 0 Å². The van der Waals surface area contributed by atoms with Crippen LogP contribution in [-0.2, 0) is 17.5 Å². The minimum absolute atomic E-state index is 0.0580. The molecule has 3 aliphatic rings. The van der Waals surface area contributed by atoms with E-state index in [1.54, 1.807) is 17.0 Å². The van der Waals surface area contributed by atoms with Crippen LogP contribution < -0.4 is 15.4 Å². The van der Waals surface area contributed by atoms with E-state index in [9.17, 15) is 22.8 Å². The maximum atomic E-state index is 13.2. The second-order valence-corrected chi connectivity index (χ2v) is 9.71. The van der Waals surface area contributed by atoms with E-state index in [-0.39, 0.29) is 17.8 Å². The molecule has 2 aromatic carbocycles. The molecule has 1 spiro atoms. The molecule has 35 heavy (non-hydrogen) atoms. The first-order valence-electron chi connectivity index (χ1n) is 11.7. The molecular formula is C26H26F3N3O3. The lowest BCUT2D eigenvalue weighted by atomic mass is 9.72. The van der Waals surface area contributed by atoms with Crippen molar-refractivity contribution in [1.82, 2.24) is 4.90 Å². The summed E-state index contributed by atoms with van der Waals surface area (Å²) in [6.45, 7) is 4.37. The van der Waals surface area contributed by atoms with E-state index in [1.807, 2.05) is 19.9 Å². The first kappa shape index (κ1) is 23.3. The average molecular weight is 486 g/mol. The van der Waals surface area contributed by atoms with Crippen LogP contribution in [0.4, 0.5) is 29.3 Å². The highest BCUT2D eigenvalue weighted by atomic mass is 19.4. The van der Waals surface area contributed by atoms with Gasteiger partial charge in [0.25, 0.3) is 0 Å². The predicted octanol–water partition coefficient (Wildman–Crippen LogP) is 6.19. The largest absolute Gasteiger partial charge is 0.486 e. The molecule has 2 heterocycles. The van der Waals surface area contributed by atoms with Gasteiger partial charge >= 0.3 is 12.2 Å². The van der Waals surface area contributed by atoms with Crippen LogP contribution in [0.15, 0.2) is 42.5 Å². The Morgan fingerprint density at radius 1 is 1.20 bits per heavy atom. The Kier molecular flexibility index (Phi) is 5.53. The number of nitrogens with zero attached hydrogens (tertiary/aromatic N) is 1. The standard InChI is InChI=1S/C26H26F3N3O3/c1-15(2)32-14-16-4-6-19(12-21(16)31-24(32)34)30-23(33)10-17-13-25(8-3-9-25)35-22-11-18(26(27,28)29)5-7-20(17)22/h4-7,10-12,15H,3,8-9,13-14H2,1-2H3,(H,30,33)(H,31,34). The van der Waals surface area contributed by atoms with E-state index in [0.29, 0.717) is 35.5 Å². The highest BCUT2D eigenvalue weighted by Crippen LogP contribution is 2.50. The summed E-state index contributed by atoms with van der Waals surface area (Å²) in [7, 11) is 0. The minimum atomic E-state index is -4.47. The Hall–Kier alpha value is -3.49. The number of rotatable bonds is 3. The number of ether oxygens (including phenoxy) is 1. The van der Waals surface area contributed by atoms with Gasteiger partial charge in [-0.2, -0.15) is 13.2 Å². The Balaban J connectivity index is 1.39. The number of urea groups is 1. The lowest BCUT2D eigenvalue weighted by Crippen LogP contribution is -2.45. The lowest BCUT2D eigenvalue weighted by molar-refractivity contribution is -0.138. The molecule has 0 unspecified atom stereocenters. The van der Waals surface area contributed by atoms with Gasteiger partial charge in [0.15, 0.2) is 0 Å².